The molecule has 17 heavy (non-hydrogen) atoms. The second-order valence-corrected chi connectivity index (χ2v) is 4.22. The molecule has 0 radical (unpaired) electrons. The normalized spacial score (nSPS) is 15.5. The second kappa shape index (κ2) is 6.44. The molecule has 0 aromatic rings. The lowest BCUT2D eigenvalue weighted by atomic mass is 9.97. The largest absolute Gasteiger partial charge is 0.481 e. The molecule has 1 aliphatic heterocycles. The molecule has 2 amide bonds. The van der Waals surface area contributed by atoms with Crippen molar-refractivity contribution in [3.63, 3.8) is 0 Å². The molecular formula is C11H20N2O4. The number of aliphatic carboxylic acids is 1. The minimum Gasteiger partial charge on any atom is -0.481 e. The van der Waals surface area contributed by atoms with E-state index in [2.05, 4.69) is 0 Å². The smallest absolute Gasteiger partial charge is 0.320 e. The van der Waals surface area contributed by atoms with E-state index >= 15 is 0 Å². The van der Waals surface area contributed by atoms with Crippen molar-refractivity contribution in [1.82, 2.24) is 9.80 Å². The minimum atomic E-state index is -0.797. The van der Waals surface area contributed by atoms with E-state index < -0.39 is 5.97 Å². The van der Waals surface area contributed by atoms with E-state index in [0.717, 1.165) is 0 Å². The van der Waals surface area contributed by atoms with Gasteiger partial charge < -0.3 is 19.6 Å². The van der Waals surface area contributed by atoms with Crippen molar-refractivity contribution >= 4 is 12.0 Å². The molecule has 1 heterocycles. The first-order valence-electron chi connectivity index (χ1n) is 5.83. The summed E-state index contributed by atoms with van der Waals surface area (Å²) in [6.45, 7) is 4.76. The van der Waals surface area contributed by atoms with Crippen molar-refractivity contribution in [2.24, 2.45) is 5.92 Å². The van der Waals surface area contributed by atoms with Crippen LogP contribution in [-0.2, 0) is 9.53 Å². The third-order valence-electron chi connectivity index (χ3n) is 2.91. The van der Waals surface area contributed by atoms with Gasteiger partial charge in [0.15, 0.2) is 0 Å². The Labute approximate surface area is 101 Å². The highest BCUT2D eigenvalue weighted by Gasteiger charge is 2.33. The molecule has 0 aliphatic carbocycles. The fraction of sp³-hybridized carbons (Fsp3) is 0.818. The lowest BCUT2D eigenvalue weighted by molar-refractivity contribution is -0.139. The maximum absolute atomic E-state index is 11.9. The Kier molecular flexibility index (Phi) is 5.21. The first-order chi connectivity index (χ1) is 8.08. The standard InChI is InChI=1S/C11H20N2O4/c1-3-12(4-5-17-2)11(16)13-7-9(8-13)6-10(14)15/h9H,3-8H2,1-2H3,(H,14,15). The molecule has 0 aromatic heterocycles. The molecule has 0 spiro atoms. The summed E-state index contributed by atoms with van der Waals surface area (Å²) >= 11 is 0. The van der Waals surface area contributed by atoms with Crippen LogP contribution in [0.25, 0.3) is 0 Å². The highest BCUT2D eigenvalue weighted by molar-refractivity contribution is 5.76. The summed E-state index contributed by atoms with van der Waals surface area (Å²) in [5, 5.41) is 8.61. The summed E-state index contributed by atoms with van der Waals surface area (Å²) in [4.78, 5) is 25.8. The summed E-state index contributed by atoms with van der Waals surface area (Å²) in [5.74, 6) is -0.689. The third-order valence-corrected chi connectivity index (χ3v) is 2.91. The highest BCUT2D eigenvalue weighted by Crippen LogP contribution is 2.20. The van der Waals surface area contributed by atoms with Gasteiger partial charge in [0.25, 0.3) is 0 Å². The number of likely N-dealkylation sites (tertiary alicyclic amines) is 1. The molecule has 6 nitrogen and oxygen atoms in total. The van der Waals surface area contributed by atoms with Crippen LogP contribution in [0.1, 0.15) is 13.3 Å². The Balaban J connectivity index is 2.31. The quantitative estimate of drug-likeness (QED) is 0.738. The lowest BCUT2D eigenvalue weighted by Gasteiger charge is -2.41. The van der Waals surface area contributed by atoms with E-state index in [4.69, 9.17) is 9.84 Å². The number of likely N-dealkylation sites (N-methyl/N-ethyl adjacent to an activating group) is 1. The molecule has 1 rings (SSSR count). The van der Waals surface area contributed by atoms with Crippen LogP contribution in [0.4, 0.5) is 4.79 Å². The van der Waals surface area contributed by atoms with Gasteiger partial charge in [-0.05, 0) is 6.92 Å². The van der Waals surface area contributed by atoms with Crippen molar-refractivity contribution in [2.45, 2.75) is 13.3 Å². The fourth-order valence-corrected chi connectivity index (χ4v) is 1.89. The molecule has 0 unspecified atom stereocenters. The molecule has 1 fully saturated rings. The van der Waals surface area contributed by atoms with Crippen LogP contribution in [0.15, 0.2) is 0 Å². The van der Waals surface area contributed by atoms with Gasteiger partial charge in [0, 0.05) is 39.2 Å². The Hall–Kier alpha value is -1.30. The molecule has 0 aromatic carbocycles. The van der Waals surface area contributed by atoms with Crippen LogP contribution in [0, 0.1) is 5.92 Å². The maximum atomic E-state index is 11.9. The van der Waals surface area contributed by atoms with E-state index in [9.17, 15) is 9.59 Å². The molecule has 1 N–H and O–H groups in total. The average molecular weight is 244 g/mol. The van der Waals surface area contributed by atoms with Gasteiger partial charge in [-0.2, -0.15) is 0 Å². The monoisotopic (exact) mass is 244 g/mol. The first kappa shape index (κ1) is 13.8. The van der Waals surface area contributed by atoms with E-state index in [1.807, 2.05) is 6.92 Å². The number of carbonyl (C=O) groups is 2. The molecule has 0 saturated carbocycles. The number of carbonyl (C=O) groups excluding carboxylic acids is 1. The molecule has 0 bridgehead atoms. The minimum absolute atomic E-state index is 0.0220. The van der Waals surface area contributed by atoms with Crippen LogP contribution in [0.5, 0.6) is 0 Å². The van der Waals surface area contributed by atoms with Crippen molar-refractivity contribution in [2.75, 3.05) is 39.9 Å². The Bertz CT molecular complexity index is 277. The van der Waals surface area contributed by atoms with Gasteiger partial charge >= 0.3 is 12.0 Å². The van der Waals surface area contributed by atoms with E-state index in [-0.39, 0.29) is 18.4 Å². The van der Waals surface area contributed by atoms with Crippen LogP contribution in [0.2, 0.25) is 0 Å². The van der Waals surface area contributed by atoms with Crippen molar-refractivity contribution in [3.8, 4) is 0 Å². The van der Waals surface area contributed by atoms with Crippen LogP contribution < -0.4 is 0 Å². The molecule has 1 saturated heterocycles. The summed E-state index contributed by atoms with van der Waals surface area (Å²) in [7, 11) is 1.60. The SMILES string of the molecule is CCN(CCOC)C(=O)N1CC(CC(=O)O)C1. The van der Waals surface area contributed by atoms with Crippen molar-refractivity contribution in [3.05, 3.63) is 0 Å². The Morgan fingerprint density at radius 1 is 1.47 bits per heavy atom. The van der Waals surface area contributed by atoms with Gasteiger partial charge in [0.05, 0.1) is 13.0 Å². The number of carboxylic acids is 1. The Morgan fingerprint density at radius 3 is 2.59 bits per heavy atom. The zero-order valence-corrected chi connectivity index (χ0v) is 10.4. The van der Waals surface area contributed by atoms with Gasteiger partial charge in [-0.3, -0.25) is 4.79 Å². The number of rotatable bonds is 6. The molecular weight excluding hydrogens is 224 g/mol. The van der Waals surface area contributed by atoms with Gasteiger partial charge in [-0.25, -0.2) is 4.79 Å². The van der Waals surface area contributed by atoms with Crippen LogP contribution in [-0.4, -0.2) is 66.8 Å². The number of urea groups is 1. The summed E-state index contributed by atoms with van der Waals surface area (Å²) in [6, 6.07) is -0.0220. The zero-order valence-electron chi connectivity index (χ0n) is 10.4. The van der Waals surface area contributed by atoms with Crippen LogP contribution in [0.3, 0.4) is 0 Å². The maximum Gasteiger partial charge on any atom is 0.320 e. The van der Waals surface area contributed by atoms with Gasteiger partial charge in [0.1, 0.15) is 0 Å². The van der Waals surface area contributed by atoms with E-state index in [0.29, 0.717) is 32.8 Å². The van der Waals surface area contributed by atoms with E-state index in [1.165, 1.54) is 0 Å². The van der Waals surface area contributed by atoms with Crippen molar-refractivity contribution < 1.29 is 19.4 Å². The number of nitrogens with zero attached hydrogens (tertiary/aromatic N) is 2. The number of amides is 2. The third kappa shape index (κ3) is 3.89. The van der Waals surface area contributed by atoms with Crippen LogP contribution >= 0.6 is 0 Å². The summed E-state index contributed by atoms with van der Waals surface area (Å²) in [5.41, 5.74) is 0. The average Bonchev–Trinajstić information content (AvgIpc) is 2.23. The van der Waals surface area contributed by atoms with Gasteiger partial charge in [0.2, 0.25) is 0 Å². The second-order valence-electron chi connectivity index (χ2n) is 4.22. The first-order valence-corrected chi connectivity index (χ1v) is 5.83. The zero-order chi connectivity index (χ0) is 12.8. The predicted octanol–water partition coefficient (Wildman–Crippen LogP) is 0.481. The number of hydrogen-bond donors (Lipinski definition) is 1. The van der Waals surface area contributed by atoms with Gasteiger partial charge in [-0.15, -0.1) is 0 Å². The molecule has 98 valence electrons. The highest BCUT2D eigenvalue weighted by atomic mass is 16.5. The molecule has 6 heteroatoms. The molecule has 0 atom stereocenters. The van der Waals surface area contributed by atoms with E-state index in [1.54, 1.807) is 16.9 Å². The fourth-order valence-electron chi connectivity index (χ4n) is 1.89. The van der Waals surface area contributed by atoms with Gasteiger partial charge in [-0.1, -0.05) is 0 Å². The summed E-state index contributed by atoms with van der Waals surface area (Å²) in [6.07, 6.45) is 0.147. The van der Waals surface area contributed by atoms with Crippen molar-refractivity contribution in [1.29, 1.82) is 0 Å². The molecule has 1 aliphatic rings. The topological polar surface area (TPSA) is 70.1 Å². The number of ether oxygens (including phenoxy) is 1. The predicted molar refractivity (Wildman–Crippen MR) is 61.8 cm³/mol. The number of carboxylic acid groups (broad SMARTS) is 1. The summed E-state index contributed by atoms with van der Waals surface area (Å²) < 4.78 is 4.94. The number of methoxy groups -OCH3 is 1. The number of hydrogen-bond acceptors (Lipinski definition) is 3. The Morgan fingerprint density at radius 2 is 2.12 bits per heavy atom. The lowest BCUT2D eigenvalue weighted by Crippen LogP contribution is -2.55.